The van der Waals surface area contributed by atoms with Gasteiger partial charge in [0.2, 0.25) is 0 Å². The van der Waals surface area contributed by atoms with Crippen molar-refractivity contribution in [1.82, 2.24) is 29.1 Å². The van der Waals surface area contributed by atoms with Crippen molar-refractivity contribution in [2.75, 3.05) is 0 Å². The third kappa shape index (κ3) is 2.65. The van der Waals surface area contributed by atoms with Crippen LogP contribution in [0.4, 0.5) is 0 Å². The van der Waals surface area contributed by atoms with Gasteiger partial charge in [-0.15, -0.1) is 5.10 Å². The number of halogens is 1. The predicted molar refractivity (Wildman–Crippen MR) is 110 cm³/mol. The highest BCUT2D eigenvalue weighted by molar-refractivity contribution is 6.30. The number of benzene rings is 1. The highest BCUT2D eigenvalue weighted by atomic mass is 35.5. The van der Waals surface area contributed by atoms with Crippen molar-refractivity contribution in [2.45, 2.75) is 20.4 Å². The molecule has 0 unspecified atom stereocenters. The molecule has 28 heavy (non-hydrogen) atoms. The van der Waals surface area contributed by atoms with E-state index in [0.29, 0.717) is 10.8 Å². The fourth-order valence-electron chi connectivity index (χ4n) is 3.52. The molecule has 0 aliphatic rings. The molecular formula is C21H17ClN6. The van der Waals surface area contributed by atoms with E-state index in [9.17, 15) is 0 Å². The van der Waals surface area contributed by atoms with E-state index in [1.807, 2.05) is 48.8 Å². The maximum atomic E-state index is 6.00. The highest BCUT2D eigenvalue weighted by Crippen LogP contribution is 2.29. The standard InChI is InChI=1S/C21H17ClN6/c1-13-14(2)27(11-15-7-9-23-10-8-15)20-18(13)21-25-19(26-28(21)12-24-20)16-3-5-17(22)6-4-16/h3-10,12H,11H2,1-2H3. The second-order valence-electron chi connectivity index (χ2n) is 6.81. The van der Waals surface area contributed by atoms with Crippen molar-refractivity contribution in [2.24, 2.45) is 0 Å². The summed E-state index contributed by atoms with van der Waals surface area (Å²) in [4.78, 5) is 13.6. The SMILES string of the molecule is Cc1c(C)n(Cc2ccncc2)c2ncn3nc(-c4ccc(Cl)cc4)nc3c12. The topological polar surface area (TPSA) is 60.9 Å². The van der Waals surface area contributed by atoms with Gasteiger partial charge >= 0.3 is 0 Å². The maximum Gasteiger partial charge on any atom is 0.182 e. The van der Waals surface area contributed by atoms with Gasteiger partial charge in [-0.2, -0.15) is 0 Å². The quantitative estimate of drug-likeness (QED) is 0.458. The first-order valence-electron chi connectivity index (χ1n) is 8.97. The van der Waals surface area contributed by atoms with Gasteiger partial charge in [-0.1, -0.05) is 11.6 Å². The van der Waals surface area contributed by atoms with Crippen molar-refractivity contribution in [1.29, 1.82) is 0 Å². The minimum Gasteiger partial charge on any atom is -0.325 e. The highest BCUT2D eigenvalue weighted by Gasteiger charge is 2.18. The summed E-state index contributed by atoms with van der Waals surface area (Å²) in [6.07, 6.45) is 5.35. The Morgan fingerprint density at radius 2 is 1.71 bits per heavy atom. The van der Waals surface area contributed by atoms with Crippen LogP contribution in [0.2, 0.25) is 5.02 Å². The van der Waals surface area contributed by atoms with Crippen LogP contribution in [0.15, 0.2) is 55.1 Å². The van der Waals surface area contributed by atoms with Gasteiger partial charge in [-0.3, -0.25) is 4.98 Å². The molecule has 0 N–H and O–H groups in total. The van der Waals surface area contributed by atoms with E-state index in [0.717, 1.165) is 34.4 Å². The molecule has 4 heterocycles. The Balaban J connectivity index is 1.70. The first-order chi connectivity index (χ1) is 13.6. The number of nitrogens with zero attached hydrogens (tertiary/aromatic N) is 6. The molecule has 0 spiro atoms. The molecule has 4 aromatic heterocycles. The van der Waals surface area contributed by atoms with Crippen LogP contribution in [0.1, 0.15) is 16.8 Å². The molecule has 0 atom stereocenters. The molecule has 0 aliphatic heterocycles. The largest absolute Gasteiger partial charge is 0.325 e. The molecule has 0 radical (unpaired) electrons. The first-order valence-corrected chi connectivity index (χ1v) is 9.35. The lowest BCUT2D eigenvalue weighted by atomic mass is 10.2. The van der Waals surface area contributed by atoms with Crippen molar-refractivity contribution >= 4 is 28.3 Å². The lowest BCUT2D eigenvalue weighted by molar-refractivity contribution is 0.786. The van der Waals surface area contributed by atoms with Crippen LogP contribution in [-0.4, -0.2) is 29.1 Å². The number of aryl methyl sites for hydroxylation is 1. The fourth-order valence-corrected chi connectivity index (χ4v) is 3.64. The van der Waals surface area contributed by atoms with Gasteiger partial charge < -0.3 is 4.57 Å². The summed E-state index contributed by atoms with van der Waals surface area (Å²) in [6, 6.07) is 11.6. The van der Waals surface area contributed by atoms with Gasteiger partial charge in [0, 0.05) is 35.2 Å². The summed E-state index contributed by atoms with van der Waals surface area (Å²) in [7, 11) is 0. The second kappa shape index (κ2) is 6.42. The third-order valence-corrected chi connectivity index (χ3v) is 5.39. The van der Waals surface area contributed by atoms with Crippen molar-refractivity contribution in [3.8, 4) is 11.4 Å². The van der Waals surface area contributed by atoms with Crippen LogP contribution < -0.4 is 0 Å². The molecule has 0 amide bonds. The summed E-state index contributed by atoms with van der Waals surface area (Å²) in [5.74, 6) is 0.657. The summed E-state index contributed by atoms with van der Waals surface area (Å²) in [5, 5.41) is 6.33. The second-order valence-corrected chi connectivity index (χ2v) is 7.24. The summed E-state index contributed by atoms with van der Waals surface area (Å²) in [6.45, 7) is 4.96. The lowest BCUT2D eigenvalue weighted by Gasteiger charge is -2.07. The van der Waals surface area contributed by atoms with Gasteiger partial charge in [0.15, 0.2) is 11.5 Å². The molecular weight excluding hydrogens is 372 g/mol. The van der Waals surface area contributed by atoms with E-state index < -0.39 is 0 Å². The molecule has 0 aliphatic carbocycles. The van der Waals surface area contributed by atoms with Gasteiger partial charge in [-0.05, 0) is 61.4 Å². The van der Waals surface area contributed by atoms with Crippen LogP contribution in [0.5, 0.6) is 0 Å². The number of hydrogen-bond acceptors (Lipinski definition) is 4. The summed E-state index contributed by atoms with van der Waals surface area (Å²) in [5.41, 5.74) is 6.16. The molecule has 7 heteroatoms. The lowest BCUT2D eigenvalue weighted by Crippen LogP contribution is -2.03. The van der Waals surface area contributed by atoms with Gasteiger partial charge in [0.25, 0.3) is 0 Å². The van der Waals surface area contributed by atoms with E-state index in [2.05, 4.69) is 28.5 Å². The Morgan fingerprint density at radius 1 is 0.964 bits per heavy atom. The van der Waals surface area contributed by atoms with E-state index >= 15 is 0 Å². The fraction of sp³-hybridized carbons (Fsp3) is 0.143. The van der Waals surface area contributed by atoms with E-state index in [1.54, 1.807) is 10.8 Å². The van der Waals surface area contributed by atoms with Crippen molar-refractivity contribution in [3.05, 3.63) is 77.0 Å². The zero-order chi connectivity index (χ0) is 19.3. The zero-order valence-electron chi connectivity index (χ0n) is 15.5. The van der Waals surface area contributed by atoms with Gasteiger partial charge in [-0.25, -0.2) is 14.5 Å². The molecule has 0 saturated carbocycles. The Labute approximate surface area is 166 Å². The molecule has 0 saturated heterocycles. The van der Waals surface area contributed by atoms with Crippen molar-refractivity contribution < 1.29 is 0 Å². The minimum atomic E-state index is 0.657. The Hall–Kier alpha value is -3.25. The third-order valence-electron chi connectivity index (χ3n) is 5.14. The van der Waals surface area contributed by atoms with Gasteiger partial charge in [0.05, 0.1) is 5.39 Å². The number of fused-ring (bicyclic) bond motifs is 3. The molecule has 6 nitrogen and oxygen atoms in total. The molecule has 1 aromatic carbocycles. The van der Waals surface area contributed by atoms with Crippen LogP contribution in [0.3, 0.4) is 0 Å². The van der Waals surface area contributed by atoms with Crippen molar-refractivity contribution in [3.63, 3.8) is 0 Å². The van der Waals surface area contributed by atoms with Crippen LogP contribution >= 0.6 is 11.6 Å². The Morgan fingerprint density at radius 3 is 2.46 bits per heavy atom. The Bertz CT molecular complexity index is 1300. The molecule has 5 rings (SSSR count). The number of rotatable bonds is 3. The monoisotopic (exact) mass is 388 g/mol. The minimum absolute atomic E-state index is 0.657. The molecule has 138 valence electrons. The zero-order valence-corrected chi connectivity index (χ0v) is 16.2. The van der Waals surface area contributed by atoms with Gasteiger partial charge in [0.1, 0.15) is 12.0 Å². The summed E-state index contributed by atoms with van der Waals surface area (Å²) < 4.78 is 3.96. The van der Waals surface area contributed by atoms with Crippen LogP contribution in [0.25, 0.3) is 28.1 Å². The van der Waals surface area contributed by atoms with Crippen LogP contribution in [-0.2, 0) is 6.54 Å². The average Bonchev–Trinajstić information content (AvgIpc) is 3.24. The van der Waals surface area contributed by atoms with E-state index in [-0.39, 0.29) is 0 Å². The van der Waals surface area contributed by atoms with E-state index in [1.165, 1.54) is 11.3 Å². The first kappa shape index (κ1) is 16.9. The summed E-state index contributed by atoms with van der Waals surface area (Å²) >= 11 is 6.00. The normalized spacial score (nSPS) is 11.5. The maximum absolute atomic E-state index is 6.00. The predicted octanol–water partition coefficient (Wildman–Crippen LogP) is 4.46. The average molecular weight is 389 g/mol. The number of aromatic nitrogens is 6. The number of pyridine rings is 1. The molecule has 5 aromatic rings. The molecule has 0 bridgehead atoms. The smallest absolute Gasteiger partial charge is 0.182 e. The van der Waals surface area contributed by atoms with E-state index in [4.69, 9.17) is 21.6 Å². The molecule has 0 fully saturated rings. The number of hydrogen-bond donors (Lipinski definition) is 0. The Kier molecular flexibility index (Phi) is 3.87. The van der Waals surface area contributed by atoms with Crippen LogP contribution in [0, 0.1) is 13.8 Å².